The second kappa shape index (κ2) is 7.35. The van der Waals surface area contributed by atoms with Crippen LogP contribution in [0.5, 0.6) is 0 Å². The molecular weight excluding hydrogens is 296 g/mol. The van der Waals surface area contributed by atoms with Crippen LogP contribution in [0.15, 0.2) is 35.1 Å². The number of nitrogens with one attached hydrogen (secondary N) is 3. The summed E-state index contributed by atoms with van der Waals surface area (Å²) in [5.74, 6) is -0.409. The molecule has 0 saturated carbocycles. The van der Waals surface area contributed by atoms with Gasteiger partial charge in [-0.25, -0.2) is 5.10 Å². The van der Waals surface area contributed by atoms with Gasteiger partial charge in [0.05, 0.1) is 11.3 Å². The Hall–Kier alpha value is -2.96. The Kier molecular flexibility index (Phi) is 5.24. The third kappa shape index (κ3) is 4.50. The smallest absolute Gasteiger partial charge is 0.272 e. The number of hydrogen-bond donors (Lipinski definition) is 3. The van der Waals surface area contributed by atoms with Crippen molar-refractivity contribution in [2.45, 2.75) is 13.8 Å². The number of carbonyl (C=O) groups excluding carboxylic acids is 2. The molecule has 0 unspecified atom stereocenters. The molecule has 0 saturated heterocycles. The fraction of sp³-hybridized carbons (Fsp3) is 0.250. The average molecular weight is 314 g/mol. The molecule has 0 radical (unpaired) electrons. The zero-order chi connectivity index (χ0) is 16.8. The number of nitrogens with zero attached hydrogens (tertiary/aromatic N) is 1. The van der Waals surface area contributed by atoms with Gasteiger partial charge in [0.15, 0.2) is 0 Å². The van der Waals surface area contributed by atoms with Gasteiger partial charge >= 0.3 is 0 Å². The Morgan fingerprint density at radius 1 is 1.17 bits per heavy atom. The lowest BCUT2D eigenvalue weighted by atomic mass is 10.0. The zero-order valence-corrected chi connectivity index (χ0v) is 13.0. The van der Waals surface area contributed by atoms with Crippen LogP contribution >= 0.6 is 0 Å². The molecule has 1 heterocycles. The molecular formula is C16H18N4O3. The molecule has 2 amide bonds. The van der Waals surface area contributed by atoms with Crippen molar-refractivity contribution in [2.24, 2.45) is 0 Å². The fourth-order valence-corrected chi connectivity index (χ4v) is 2.06. The number of aromatic nitrogens is 2. The highest BCUT2D eigenvalue weighted by Gasteiger charge is 2.09. The van der Waals surface area contributed by atoms with E-state index in [1.165, 1.54) is 6.92 Å². The molecule has 3 N–H and O–H groups in total. The summed E-state index contributed by atoms with van der Waals surface area (Å²) < 4.78 is 0. The molecule has 1 aromatic carbocycles. The lowest BCUT2D eigenvalue weighted by Crippen LogP contribution is -2.33. The first-order chi connectivity index (χ1) is 11.0. The predicted octanol–water partition coefficient (Wildman–Crippen LogP) is 0.611. The maximum absolute atomic E-state index is 12.1. The molecule has 23 heavy (non-hydrogen) atoms. The fourth-order valence-electron chi connectivity index (χ4n) is 2.06. The summed E-state index contributed by atoms with van der Waals surface area (Å²) in [6.07, 6.45) is 0. The van der Waals surface area contributed by atoms with Crippen molar-refractivity contribution in [3.05, 3.63) is 51.9 Å². The van der Waals surface area contributed by atoms with E-state index < -0.39 is 0 Å². The van der Waals surface area contributed by atoms with E-state index in [1.54, 1.807) is 37.3 Å². The normalized spacial score (nSPS) is 10.2. The maximum Gasteiger partial charge on any atom is 0.272 e. The Balaban J connectivity index is 2.13. The topological polar surface area (TPSA) is 104 Å². The molecule has 0 fully saturated rings. The number of aryl methyl sites for hydroxylation is 1. The minimum Gasteiger partial charge on any atom is -0.355 e. The summed E-state index contributed by atoms with van der Waals surface area (Å²) in [6.45, 7) is 3.89. The van der Waals surface area contributed by atoms with Crippen LogP contribution in [0.2, 0.25) is 0 Å². The lowest BCUT2D eigenvalue weighted by molar-refractivity contribution is -0.118. The number of H-pyrrole nitrogens is 1. The Labute approximate surface area is 133 Å². The van der Waals surface area contributed by atoms with Gasteiger partial charge in [-0.05, 0) is 30.7 Å². The summed E-state index contributed by atoms with van der Waals surface area (Å²) in [6, 6.07) is 8.47. The van der Waals surface area contributed by atoms with Crippen LogP contribution in [0, 0.1) is 6.92 Å². The van der Waals surface area contributed by atoms with Crippen LogP contribution in [0.3, 0.4) is 0 Å². The van der Waals surface area contributed by atoms with E-state index in [-0.39, 0.29) is 17.4 Å². The molecule has 2 rings (SSSR count). The summed E-state index contributed by atoms with van der Waals surface area (Å²) in [4.78, 5) is 34.7. The molecule has 7 nitrogen and oxygen atoms in total. The number of aromatic amines is 1. The maximum atomic E-state index is 12.1. The molecule has 0 aliphatic carbocycles. The van der Waals surface area contributed by atoms with Crippen LogP contribution in [0.4, 0.5) is 0 Å². The van der Waals surface area contributed by atoms with Crippen LogP contribution in [0.25, 0.3) is 11.1 Å². The van der Waals surface area contributed by atoms with Crippen molar-refractivity contribution in [3.63, 3.8) is 0 Å². The van der Waals surface area contributed by atoms with Gasteiger partial charge in [0, 0.05) is 25.6 Å². The van der Waals surface area contributed by atoms with E-state index >= 15 is 0 Å². The van der Waals surface area contributed by atoms with E-state index in [2.05, 4.69) is 20.8 Å². The van der Waals surface area contributed by atoms with Crippen LogP contribution in [0.1, 0.15) is 23.0 Å². The molecule has 0 atom stereocenters. The van der Waals surface area contributed by atoms with Crippen molar-refractivity contribution in [1.29, 1.82) is 0 Å². The number of hydrogen-bond acceptors (Lipinski definition) is 4. The number of carbonyl (C=O) groups is 2. The molecule has 1 aromatic heterocycles. The first-order valence-corrected chi connectivity index (χ1v) is 7.17. The quantitative estimate of drug-likeness (QED) is 0.703. The number of rotatable bonds is 5. The van der Waals surface area contributed by atoms with Gasteiger partial charge in [0.2, 0.25) is 5.91 Å². The van der Waals surface area contributed by atoms with E-state index in [0.29, 0.717) is 35.5 Å². The lowest BCUT2D eigenvalue weighted by Gasteiger charge is -2.07. The third-order valence-corrected chi connectivity index (χ3v) is 3.15. The molecule has 0 spiro atoms. The minimum atomic E-state index is -0.307. The van der Waals surface area contributed by atoms with Crippen molar-refractivity contribution in [3.8, 4) is 11.1 Å². The van der Waals surface area contributed by atoms with Crippen molar-refractivity contribution in [1.82, 2.24) is 20.8 Å². The highest BCUT2D eigenvalue weighted by molar-refractivity contribution is 5.95. The SMILES string of the molecule is CC(=O)NCCNC(=O)c1cccc(-c2cc(C)n[nH]c2=O)c1. The second-order valence-corrected chi connectivity index (χ2v) is 5.07. The molecule has 2 aromatic rings. The van der Waals surface area contributed by atoms with Gasteiger partial charge in [-0.1, -0.05) is 12.1 Å². The Morgan fingerprint density at radius 3 is 2.65 bits per heavy atom. The predicted molar refractivity (Wildman–Crippen MR) is 86.0 cm³/mol. The molecule has 120 valence electrons. The van der Waals surface area contributed by atoms with Gasteiger partial charge in [0.25, 0.3) is 11.5 Å². The first kappa shape index (κ1) is 16.4. The van der Waals surface area contributed by atoms with E-state index in [0.717, 1.165) is 0 Å². The van der Waals surface area contributed by atoms with E-state index in [4.69, 9.17) is 0 Å². The first-order valence-electron chi connectivity index (χ1n) is 7.17. The molecule has 7 heteroatoms. The van der Waals surface area contributed by atoms with Gasteiger partial charge in [0.1, 0.15) is 0 Å². The van der Waals surface area contributed by atoms with Gasteiger partial charge in [-0.3, -0.25) is 14.4 Å². The highest BCUT2D eigenvalue weighted by Crippen LogP contribution is 2.17. The van der Waals surface area contributed by atoms with Crippen molar-refractivity contribution >= 4 is 11.8 Å². The molecule has 0 aliphatic rings. The summed E-state index contributed by atoms with van der Waals surface area (Å²) in [5, 5.41) is 11.6. The van der Waals surface area contributed by atoms with E-state index in [1.807, 2.05) is 0 Å². The van der Waals surface area contributed by atoms with Crippen molar-refractivity contribution in [2.75, 3.05) is 13.1 Å². The minimum absolute atomic E-state index is 0.145. The van der Waals surface area contributed by atoms with Gasteiger partial charge in [-0.2, -0.15) is 5.10 Å². The van der Waals surface area contributed by atoms with Gasteiger partial charge < -0.3 is 10.6 Å². The summed E-state index contributed by atoms with van der Waals surface area (Å²) in [7, 11) is 0. The van der Waals surface area contributed by atoms with Crippen LogP contribution in [-0.4, -0.2) is 35.1 Å². The molecule has 0 aliphatic heterocycles. The average Bonchev–Trinajstić information content (AvgIpc) is 2.53. The van der Waals surface area contributed by atoms with E-state index in [9.17, 15) is 14.4 Å². The highest BCUT2D eigenvalue weighted by atomic mass is 16.2. The summed E-state index contributed by atoms with van der Waals surface area (Å²) >= 11 is 0. The zero-order valence-electron chi connectivity index (χ0n) is 13.0. The summed E-state index contributed by atoms with van der Waals surface area (Å²) in [5.41, 5.74) is 1.93. The Morgan fingerprint density at radius 2 is 1.91 bits per heavy atom. The third-order valence-electron chi connectivity index (χ3n) is 3.15. The largest absolute Gasteiger partial charge is 0.355 e. The van der Waals surface area contributed by atoms with Crippen molar-refractivity contribution < 1.29 is 9.59 Å². The molecule has 0 bridgehead atoms. The Bertz CT molecular complexity index is 783. The second-order valence-electron chi connectivity index (χ2n) is 5.07. The standard InChI is InChI=1S/C16H18N4O3/c1-10-8-14(16(23)20-19-10)12-4-3-5-13(9-12)15(22)18-7-6-17-11(2)21/h3-5,8-9H,6-7H2,1-2H3,(H,17,21)(H,18,22)(H,20,23). The number of benzene rings is 1. The number of amides is 2. The van der Waals surface area contributed by atoms with Crippen LogP contribution in [-0.2, 0) is 4.79 Å². The van der Waals surface area contributed by atoms with Crippen LogP contribution < -0.4 is 16.2 Å². The van der Waals surface area contributed by atoms with Gasteiger partial charge in [-0.15, -0.1) is 0 Å². The monoisotopic (exact) mass is 314 g/mol.